The van der Waals surface area contributed by atoms with Crippen molar-refractivity contribution in [2.24, 2.45) is 0 Å². The van der Waals surface area contributed by atoms with Crippen LogP contribution >= 0.6 is 11.3 Å². The lowest BCUT2D eigenvalue weighted by atomic mass is 9.87. The first kappa shape index (κ1) is 29.7. The second-order valence-electron chi connectivity index (χ2n) is 9.68. The van der Waals surface area contributed by atoms with E-state index in [4.69, 9.17) is 9.72 Å². The lowest BCUT2D eigenvalue weighted by Crippen LogP contribution is -2.49. The zero-order valence-corrected chi connectivity index (χ0v) is 23.8. The van der Waals surface area contributed by atoms with Gasteiger partial charge in [0.15, 0.2) is 0 Å². The van der Waals surface area contributed by atoms with Gasteiger partial charge >= 0.3 is 6.09 Å². The van der Waals surface area contributed by atoms with Crippen molar-refractivity contribution in [3.8, 4) is 0 Å². The van der Waals surface area contributed by atoms with E-state index in [1.165, 1.54) is 37.7 Å². The third kappa shape index (κ3) is 8.85. The minimum atomic E-state index is -2.69. The molecule has 12 heteroatoms. The minimum Gasteiger partial charge on any atom is -0.748 e. The van der Waals surface area contributed by atoms with Crippen molar-refractivity contribution < 1.29 is 27.4 Å². The quantitative estimate of drug-likeness (QED) is 0.205. The van der Waals surface area contributed by atoms with E-state index < -0.39 is 29.5 Å². The summed E-state index contributed by atoms with van der Waals surface area (Å²) < 4.78 is 30.5. The Kier molecular flexibility index (Phi) is 11.0. The molecule has 214 valence electrons. The first-order valence-corrected chi connectivity index (χ1v) is 15.0. The lowest BCUT2D eigenvalue weighted by molar-refractivity contribution is -0.123. The number of amides is 2. The van der Waals surface area contributed by atoms with Crippen LogP contribution in [0.3, 0.4) is 0 Å². The van der Waals surface area contributed by atoms with E-state index in [0.717, 1.165) is 34.7 Å². The summed E-state index contributed by atoms with van der Waals surface area (Å²) in [6.07, 6.45) is 5.92. The molecule has 40 heavy (non-hydrogen) atoms. The van der Waals surface area contributed by atoms with Gasteiger partial charge in [-0.3, -0.25) is 10.3 Å². The molecule has 10 nitrogen and oxygen atoms in total. The van der Waals surface area contributed by atoms with Gasteiger partial charge in [0.2, 0.25) is 5.91 Å². The van der Waals surface area contributed by atoms with Gasteiger partial charge in [-0.25, -0.2) is 14.0 Å². The number of hydrogen-bond donors (Lipinski definition) is 3. The average molecular weight is 586 g/mol. The Balaban J connectivity index is 1.55. The number of anilines is 1. The number of benzene rings is 2. The Morgan fingerprint density at radius 1 is 1.02 bits per heavy atom. The third-order valence-electron chi connectivity index (χ3n) is 6.88. The van der Waals surface area contributed by atoms with Crippen LogP contribution in [0, 0.1) is 0 Å². The monoisotopic (exact) mass is 585 g/mol. The Morgan fingerprint density at radius 2 is 1.73 bits per heavy atom. The summed E-state index contributed by atoms with van der Waals surface area (Å²) in [6, 6.07) is 15.2. The number of methoxy groups -OCH3 is 1. The van der Waals surface area contributed by atoms with Gasteiger partial charge < -0.3 is 19.9 Å². The van der Waals surface area contributed by atoms with E-state index in [1.54, 1.807) is 12.1 Å². The van der Waals surface area contributed by atoms with Crippen LogP contribution in [0.4, 0.5) is 10.5 Å². The highest BCUT2D eigenvalue weighted by molar-refractivity contribution is 7.74. The Morgan fingerprint density at radius 3 is 2.40 bits per heavy atom. The van der Waals surface area contributed by atoms with Crippen molar-refractivity contribution in [2.75, 3.05) is 12.6 Å². The molecule has 0 saturated heterocycles. The normalized spacial score (nSPS) is 15.9. The molecule has 3 atom stereocenters. The molecule has 1 aliphatic rings. The number of carbonyl (C=O) groups is 2. The predicted molar refractivity (Wildman–Crippen MR) is 152 cm³/mol. The Bertz CT molecular complexity index is 1270. The SMILES string of the molecule is COC(=O)N[C@@H](Cc1ccccc1)C(=O)N[C@@H](Cc1ccc(NOS(=O)[O-])cc1)c1nc(C2CCCCC2)cs1. The summed E-state index contributed by atoms with van der Waals surface area (Å²) >= 11 is -1.17. The van der Waals surface area contributed by atoms with Crippen LogP contribution in [-0.4, -0.2) is 38.9 Å². The molecular weight excluding hydrogens is 552 g/mol. The van der Waals surface area contributed by atoms with Crippen LogP contribution in [0.2, 0.25) is 0 Å². The molecular formula is C28H33N4O6S2-. The first-order chi connectivity index (χ1) is 19.4. The number of nitrogens with zero attached hydrogens (tertiary/aromatic N) is 1. The fourth-order valence-electron chi connectivity index (χ4n) is 4.81. The molecule has 1 aromatic heterocycles. The number of thiazole rings is 1. The zero-order chi connectivity index (χ0) is 28.3. The van der Waals surface area contributed by atoms with Gasteiger partial charge in [-0.05, 0) is 42.5 Å². The second-order valence-corrected chi connectivity index (χ2v) is 11.1. The van der Waals surface area contributed by atoms with Gasteiger partial charge in [-0.1, -0.05) is 61.7 Å². The summed E-state index contributed by atoms with van der Waals surface area (Å²) in [7, 11) is 1.26. The van der Waals surface area contributed by atoms with Crippen molar-refractivity contribution in [2.45, 2.75) is 62.9 Å². The topological polar surface area (TPSA) is 142 Å². The molecule has 1 fully saturated rings. The molecule has 2 amide bonds. The minimum absolute atomic E-state index is 0.293. The van der Waals surface area contributed by atoms with Gasteiger partial charge in [0.25, 0.3) is 0 Å². The molecule has 0 spiro atoms. The fraction of sp³-hybridized carbons (Fsp3) is 0.393. The van der Waals surface area contributed by atoms with E-state index in [1.807, 2.05) is 42.5 Å². The maximum atomic E-state index is 13.6. The highest BCUT2D eigenvalue weighted by Gasteiger charge is 2.27. The van der Waals surface area contributed by atoms with E-state index in [9.17, 15) is 18.4 Å². The van der Waals surface area contributed by atoms with Crippen molar-refractivity contribution in [3.63, 3.8) is 0 Å². The van der Waals surface area contributed by atoms with Crippen molar-refractivity contribution in [1.29, 1.82) is 0 Å². The fourth-order valence-corrected chi connectivity index (χ4v) is 5.92. The van der Waals surface area contributed by atoms with Crippen molar-refractivity contribution >= 4 is 40.4 Å². The number of rotatable bonds is 12. The lowest BCUT2D eigenvalue weighted by Gasteiger charge is -2.23. The Labute approximate surface area is 240 Å². The van der Waals surface area contributed by atoms with Gasteiger partial charge in [-0.2, -0.15) is 4.28 Å². The first-order valence-electron chi connectivity index (χ1n) is 13.2. The molecule has 4 rings (SSSR count). The van der Waals surface area contributed by atoms with Gasteiger partial charge in [-0.15, -0.1) is 11.3 Å². The second kappa shape index (κ2) is 14.9. The number of ether oxygens (including phenoxy) is 1. The van der Waals surface area contributed by atoms with Gasteiger partial charge in [0, 0.05) is 17.7 Å². The average Bonchev–Trinajstić information content (AvgIpc) is 3.47. The van der Waals surface area contributed by atoms with Crippen LogP contribution in [-0.2, 0) is 38.0 Å². The number of carbonyl (C=O) groups excluding carboxylic acids is 2. The molecule has 0 aliphatic heterocycles. The molecule has 1 heterocycles. The van der Waals surface area contributed by atoms with Crippen LogP contribution < -0.4 is 16.1 Å². The van der Waals surface area contributed by atoms with Gasteiger partial charge in [0.1, 0.15) is 22.4 Å². The molecule has 0 radical (unpaired) electrons. The van der Waals surface area contributed by atoms with E-state index >= 15 is 0 Å². The molecule has 1 unspecified atom stereocenters. The van der Waals surface area contributed by atoms with E-state index in [2.05, 4.69) is 25.8 Å². The summed E-state index contributed by atoms with van der Waals surface area (Å²) in [5.74, 6) is 0.0807. The Hall–Kier alpha value is -3.32. The smallest absolute Gasteiger partial charge is 0.407 e. The molecule has 0 bridgehead atoms. The number of aromatic nitrogens is 1. The molecule has 3 aromatic rings. The zero-order valence-electron chi connectivity index (χ0n) is 22.2. The van der Waals surface area contributed by atoms with E-state index in [0.29, 0.717) is 24.4 Å². The number of hydrogen-bond acceptors (Lipinski definition) is 9. The largest absolute Gasteiger partial charge is 0.748 e. The van der Waals surface area contributed by atoms with Crippen molar-refractivity contribution in [1.82, 2.24) is 15.6 Å². The third-order valence-corrected chi connectivity index (χ3v) is 8.07. The standard InChI is InChI=1S/C28H34N4O6S2/c1-37-28(34)31-23(16-19-8-4-2-5-9-19)26(33)29-24(17-20-12-14-22(15-13-20)32-38-40(35)36)27-30-25(18-39-27)21-10-6-3-7-11-21/h2,4-5,8-9,12-15,18,21,23-24,32H,3,6-7,10-11,16-17H2,1H3,(H,29,33)(H,31,34)(H,35,36)/p-1/t23-,24-/m0/s1. The molecule has 3 N–H and O–H groups in total. The number of alkyl carbamates (subject to hydrolysis) is 1. The van der Waals surface area contributed by atoms with Crippen LogP contribution in [0.5, 0.6) is 0 Å². The highest BCUT2D eigenvalue weighted by Crippen LogP contribution is 2.34. The van der Waals surface area contributed by atoms with Crippen LogP contribution in [0.1, 0.15) is 65.9 Å². The summed E-state index contributed by atoms with van der Waals surface area (Å²) in [5.41, 5.74) is 5.67. The maximum absolute atomic E-state index is 13.6. The summed E-state index contributed by atoms with van der Waals surface area (Å²) in [5, 5.41) is 8.66. The van der Waals surface area contributed by atoms with Crippen LogP contribution in [0.15, 0.2) is 60.0 Å². The summed E-state index contributed by atoms with van der Waals surface area (Å²) in [4.78, 5) is 30.6. The summed E-state index contributed by atoms with van der Waals surface area (Å²) in [6.45, 7) is 0. The van der Waals surface area contributed by atoms with Crippen molar-refractivity contribution in [3.05, 3.63) is 81.8 Å². The molecule has 1 aliphatic carbocycles. The predicted octanol–water partition coefficient (Wildman–Crippen LogP) is 4.70. The number of nitrogens with one attached hydrogen (secondary N) is 3. The molecule has 2 aromatic carbocycles. The maximum Gasteiger partial charge on any atom is 0.407 e. The highest BCUT2D eigenvalue weighted by atomic mass is 32.2. The van der Waals surface area contributed by atoms with E-state index in [-0.39, 0.29) is 5.91 Å². The van der Waals surface area contributed by atoms with Gasteiger partial charge in [0.05, 0.1) is 24.5 Å². The van der Waals surface area contributed by atoms with Crippen LogP contribution in [0.25, 0.3) is 0 Å². The molecule has 1 saturated carbocycles.